The summed E-state index contributed by atoms with van der Waals surface area (Å²) in [6.45, 7) is 0. The number of hydrogen-bond acceptors (Lipinski definition) is 4. The van der Waals surface area contributed by atoms with Gasteiger partial charge in [-0.1, -0.05) is 0 Å². The minimum Gasteiger partial charge on any atom is -0.822 e. The molecule has 2 radical (unpaired) electrons. The van der Waals surface area contributed by atoms with E-state index < -0.39 is 7.82 Å². The Balaban J connectivity index is -0.0000000800. The minimum atomic E-state index is -5.39. The minimum absolute atomic E-state index is 0. The number of hydrogen-bond donors (Lipinski definition) is 0. The van der Waals surface area contributed by atoms with Crippen LogP contribution >= 0.6 is 7.82 Å². The molecule has 0 N–H and O–H groups in total. The van der Waals surface area contributed by atoms with Crippen LogP contribution in [0.1, 0.15) is 0 Å². The van der Waals surface area contributed by atoms with E-state index in [0.717, 1.165) is 0 Å². The summed E-state index contributed by atoms with van der Waals surface area (Å²) in [6.07, 6.45) is 0. The summed E-state index contributed by atoms with van der Waals surface area (Å²) in [6, 6.07) is 0. The summed E-state index contributed by atoms with van der Waals surface area (Å²) in [5, 5.41) is 0. The van der Waals surface area contributed by atoms with Crippen LogP contribution in [0, 0.1) is 35.6 Å². The van der Waals surface area contributed by atoms with Gasteiger partial charge in [-0.25, -0.2) is 0 Å². The maximum absolute atomic E-state index is 8.55. The summed E-state index contributed by atoms with van der Waals surface area (Å²) in [7, 11) is -5.39. The predicted octanol–water partition coefficient (Wildman–Crippen LogP) is -2.83. The molecule has 0 amide bonds. The van der Waals surface area contributed by atoms with Crippen LogP contribution < -0.4 is 14.7 Å². The van der Waals surface area contributed by atoms with Crippen molar-refractivity contribution in [1.82, 2.24) is 0 Å². The SMILES string of the molecule is O=P([O-])([O-])[O-].[Cr+3].[La]. The van der Waals surface area contributed by atoms with Crippen molar-refractivity contribution in [2.24, 2.45) is 0 Å². The Morgan fingerprint density at radius 3 is 1.14 bits per heavy atom. The molecule has 0 aliphatic rings. The van der Waals surface area contributed by atoms with Gasteiger partial charge in [0.05, 0.1) is 0 Å². The second kappa shape index (κ2) is 5.96. The number of rotatable bonds is 0. The van der Waals surface area contributed by atoms with Crippen LogP contribution in [0.5, 0.6) is 0 Å². The van der Waals surface area contributed by atoms with Gasteiger partial charge < -0.3 is 19.2 Å². The fraction of sp³-hybridized carbons (Fsp3) is 0. The van der Waals surface area contributed by atoms with Crippen molar-refractivity contribution in [2.45, 2.75) is 0 Å². The predicted molar refractivity (Wildman–Crippen MR) is 7.61 cm³/mol. The van der Waals surface area contributed by atoms with Crippen molar-refractivity contribution < 1.29 is 72.2 Å². The first-order valence-electron chi connectivity index (χ1n) is 0.730. The molecule has 4 nitrogen and oxygen atoms in total. The summed E-state index contributed by atoms with van der Waals surface area (Å²) in [5.74, 6) is 0. The molecule has 7 heteroatoms. The normalized spacial score (nSPS) is 8.43. The van der Waals surface area contributed by atoms with Crippen molar-refractivity contribution in [3.05, 3.63) is 0 Å². The molecule has 0 fully saturated rings. The quantitative estimate of drug-likeness (QED) is 0.449. The molecule has 0 rings (SSSR count). The van der Waals surface area contributed by atoms with E-state index in [9.17, 15) is 0 Å². The largest absolute Gasteiger partial charge is 3.00 e. The van der Waals surface area contributed by atoms with E-state index in [0.29, 0.717) is 0 Å². The molecule has 0 heterocycles. The van der Waals surface area contributed by atoms with E-state index in [1.165, 1.54) is 0 Å². The Labute approximate surface area is 79.3 Å². The molecule has 0 spiro atoms. The van der Waals surface area contributed by atoms with E-state index in [2.05, 4.69) is 0 Å². The van der Waals surface area contributed by atoms with E-state index in [-0.39, 0.29) is 53.0 Å². The first-order chi connectivity index (χ1) is 2.00. The van der Waals surface area contributed by atoms with Gasteiger partial charge >= 0.3 is 17.4 Å². The van der Waals surface area contributed by atoms with Crippen molar-refractivity contribution in [3.63, 3.8) is 0 Å². The standard InChI is InChI=1S/Cr.La.H3O4P/c;;1-5(2,3)4/h;;(H3,1,2,3,4)/q+3;;/p-3. The van der Waals surface area contributed by atoms with Gasteiger partial charge in [-0.3, -0.25) is 0 Å². The average Bonchev–Trinajstić information content (AvgIpc) is 0.722. The molecule has 0 aromatic heterocycles. The van der Waals surface area contributed by atoms with Crippen molar-refractivity contribution in [3.8, 4) is 0 Å². The van der Waals surface area contributed by atoms with Crippen molar-refractivity contribution >= 4 is 7.82 Å². The number of phosphoric acid groups is 1. The maximum Gasteiger partial charge on any atom is 3.00 e. The molecule has 0 aliphatic heterocycles. The first kappa shape index (κ1) is 15.9. The van der Waals surface area contributed by atoms with Gasteiger partial charge in [-0.05, 0) is 0 Å². The second-order valence-electron chi connectivity index (χ2n) is 0.447. The molecule has 0 aromatic rings. The van der Waals surface area contributed by atoms with Gasteiger partial charge in [0, 0.05) is 35.6 Å². The fourth-order valence-corrected chi connectivity index (χ4v) is 0. The zero-order valence-electron chi connectivity index (χ0n) is 3.07. The summed E-state index contributed by atoms with van der Waals surface area (Å²) < 4.78 is 8.55. The zero-order valence-corrected chi connectivity index (χ0v) is 8.86. The van der Waals surface area contributed by atoms with Crippen LogP contribution in [0.3, 0.4) is 0 Å². The van der Waals surface area contributed by atoms with E-state index in [1.807, 2.05) is 0 Å². The Bertz CT molecular complexity index is 57.8. The van der Waals surface area contributed by atoms with Gasteiger partial charge in [0.2, 0.25) is 0 Å². The van der Waals surface area contributed by atoms with E-state index in [4.69, 9.17) is 19.2 Å². The molecule has 38 valence electrons. The fourth-order valence-electron chi connectivity index (χ4n) is 0. The summed E-state index contributed by atoms with van der Waals surface area (Å²) >= 11 is 0. The van der Waals surface area contributed by atoms with Gasteiger partial charge in [0.15, 0.2) is 0 Å². The van der Waals surface area contributed by atoms with Gasteiger partial charge in [0.1, 0.15) is 0 Å². The molecule has 0 aromatic carbocycles. The van der Waals surface area contributed by atoms with Crippen LogP contribution in [0.4, 0.5) is 0 Å². The maximum atomic E-state index is 8.55. The Morgan fingerprint density at radius 1 is 1.14 bits per heavy atom. The van der Waals surface area contributed by atoms with Crippen LogP contribution in [0.15, 0.2) is 0 Å². The third-order valence-corrected chi connectivity index (χ3v) is 0. The summed E-state index contributed by atoms with van der Waals surface area (Å²) in [5.41, 5.74) is 0. The van der Waals surface area contributed by atoms with E-state index in [1.54, 1.807) is 0 Å². The van der Waals surface area contributed by atoms with Gasteiger partial charge in [-0.15, -0.1) is 0 Å². The Morgan fingerprint density at radius 2 is 1.14 bits per heavy atom. The monoisotopic (exact) mass is 286 g/mol. The molecule has 0 unspecified atom stereocenters. The van der Waals surface area contributed by atoms with Crippen LogP contribution in [-0.2, 0) is 21.9 Å². The van der Waals surface area contributed by atoms with Crippen molar-refractivity contribution in [2.75, 3.05) is 0 Å². The molecule has 0 saturated carbocycles. The van der Waals surface area contributed by atoms with E-state index >= 15 is 0 Å². The van der Waals surface area contributed by atoms with Crippen molar-refractivity contribution in [1.29, 1.82) is 0 Å². The van der Waals surface area contributed by atoms with Crippen LogP contribution in [-0.4, -0.2) is 0 Å². The third-order valence-electron chi connectivity index (χ3n) is 0. The Hall–Kier alpha value is 1.84. The van der Waals surface area contributed by atoms with Gasteiger partial charge in [0.25, 0.3) is 0 Å². The molecule has 0 saturated heterocycles. The molecule has 0 bridgehead atoms. The Kier molecular flexibility index (Phi) is 13.6. The molecule has 7 heavy (non-hydrogen) atoms. The molecular formula is CrLaO4P. The molecular weight excluding hydrogens is 286 g/mol. The third kappa shape index (κ3) is 79.1. The zero-order chi connectivity index (χ0) is 4.50. The first-order valence-corrected chi connectivity index (χ1v) is 2.19. The molecule has 0 atom stereocenters. The topological polar surface area (TPSA) is 86.2 Å². The average molecular weight is 286 g/mol. The second-order valence-corrected chi connectivity index (χ2v) is 1.34. The van der Waals surface area contributed by atoms with Gasteiger partial charge in [-0.2, -0.15) is 7.82 Å². The molecule has 0 aliphatic carbocycles. The smallest absolute Gasteiger partial charge is 0.822 e. The van der Waals surface area contributed by atoms with Crippen LogP contribution in [0.25, 0.3) is 0 Å². The summed E-state index contributed by atoms with van der Waals surface area (Å²) in [4.78, 5) is 25.6. The van der Waals surface area contributed by atoms with Crippen LogP contribution in [0.2, 0.25) is 0 Å².